The molecule has 0 fully saturated rings. The lowest BCUT2D eigenvalue weighted by Gasteiger charge is -1.75. The van der Waals surface area contributed by atoms with E-state index in [0.717, 1.165) is 13.1 Å². The molecular weight excluding hydrogens is 147 g/mol. The fraction of sp³-hybridized carbons (Fsp3) is 0.667. The Hall–Kier alpha value is -0.360. The summed E-state index contributed by atoms with van der Waals surface area (Å²) in [4.78, 5) is 3.85. The van der Waals surface area contributed by atoms with Gasteiger partial charge in [-0.2, -0.15) is 0 Å². The normalized spacial score (nSPS) is 14.7. The molecule has 2 N–H and O–H groups in total. The van der Waals surface area contributed by atoms with Crippen LogP contribution in [-0.4, -0.2) is 24.1 Å². The van der Waals surface area contributed by atoms with E-state index in [1.165, 1.54) is 0 Å². The maximum Gasteiger partial charge on any atom is 0.282 e. The van der Waals surface area contributed by atoms with Crippen LogP contribution in [0.15, 0.2) is 4.99 Å². The van der Waals surface area contributed by atoms with Gasteiger partial charge in [0.25, 0.3) is 10.8 Å². The molecule has 54 valence electrons. The molecule has 0 bridgehead atoms. The van der Waals surface area contributed by atoms with E-state index in [0.29, 0.717) is 0 Å². The molecule has 0 spiro atoms. The van der Waals surface area contributed by atoms with Crippen molar-refractivity contribution in [3.8, 4) is 0 Å². The number of aliphatic imine (C=N–C) groups is 1. The van der Waals surface area contributed by atoms with E-state index in [1.807, 2.05) is 0 Å². The summed E-state index contributed by atoms with van der Waals surface area (Å²) in [5, 5.41) is 2.93. The van der Waals surface area contributed by atoms with Gasteiger partial charge in [-0.1, -0.05) is 0 Å². The summed E-state index contributed by atoms with van der Waals surface area (Å²) in [6, 6.07) is 0. The van der Waals surface area contributed by atoms with Gasteiger partial charge in [0.15, 0.2) is 0 Å². The highest BCUT2D eigenvalue weighted by Crippen LogP contribution is 1.68. The number of rotatable bonds is 0. The molecule has 0 aromatic rings. The molecule has 1 rings (SSSR count). The van der Waals surface area contributed by atoms with E-state index in [1.54, 1.807) is 6.34 Å². The highest BCUT2D eigenvalue weighted by atomic mass is 35.6. The van der Waals surface area contributed by atoms with Crippen molar-refractivity contribution in [3.63, 3.8) is 0 Å². The van der Waals surface area contributed by atoms with Gasteiger partial charge < -0.3 is 14.6 Å². The number of halogens is 1. The molecule has 1 aliphatic rings. The Labute approximate surface area is 55.4 Å². The van der Waals surface area contributed by atoms with Gasteiger partial charge in [0.2, 0.25) is 0 Å². The Morgan fingerprint density at radius 3 is 2.33 bits per heavy atom. The van der Waals surface area contributed by atoms with Crippen LogP contribution in [0.25, 0.3) is 0 Å². The Morgan fingerprint density at radius 1 is 1.67 bits per heavy atom. The van der Waals surface area contributed by atoms with E-state index < -0.39 is 10.8 Å². The fourth-order valence-corrected chi connectivity index (χ4v) is 0.323. The zero-order chi connectivity index (χ0) is 7.11. The third-order valence-electron chi connectivity index (χ3n) is 0.568. The van der Waals surface area contributed by atoms with Gasteiger partial charge in [0.05, 0.1) is 12.9 Å². The fourth-order valence-electron chi connectivity index (χ4n) is 0.323. The highest BCUT2D eigenvalue weighted by molar-refractivity contribution is 5.56. The van der Waals surface area contributed by atoms with Crippen molar-refractivity contribution in [1.29, 1.82) is 0 Å². The van der Waals surface area contributed by atoms with Crippen molar-refractivity contribution in [1.82, 2.24) is 5.32 Å². The molecule has 5 nitrogen and oxygen atoms in total. The molecule has 0 radical (unpaired) electrons. The minimum Gasteiger partial charge on any atom is -0.375 e. The average Bonchev–Trinajstić information content (AvgIpc) is 2.11. The quantitative estimate of drug-likeness (QED) is 0.382. The van der Waals surface area contributed by atoms with E-state index >= 15 is 0 Å². The van der Waals surface area contributed by atoms with Crippen molar-refractivity contribution in [2.75, 3.05) is 13.1 Å². The van der Waals surface area contributed by atoms with Crippen LogP contribution in [0.1, 0.15) is 0 Å². The third-order valence-corrected chi connectivity index (χ3v) is 0.568. The van der Waals surface area contributed by atoms with Crippen LogP contribution in [-0.2, 0) is 0 Å². The summed E-state index contributed by atoms with van der Waals surface area (Å²) >= 11 is 0. The van der Waals surface area contributed by atoms with E-state index in [4.69, 9.17) is 14.0 Å². The molecule has 0 unspecified atom stereocenters. The Kier molecular flexibility index (Phi) is 5.54. The molecule has 0 aromatic heterocycles. The summed E-state index contributed by atoms with van der Waals surface area (Å²) in [5.41, 5.74) is 0. The van der Waals surface area contributed by atoms with Crippen LogP contribution < -0.4 is 14.6 Å². The maximum atomic E-state index is 8.52. The Bertz CT molecular complexity index is 78.4. The summed E-state index contributed by atoms with van der Waals surface area (Å²) in [6.07, 6.45) is 1.74. The molecule has 0 saturated heterocycles. The first kappa shape index (κ1) is 8.64. The molecule has 1 heterocycles. The summed E-state index contributed by atoms with van der Waals surface area (Å²) in [6.45, 7) is 1.99. The average molecular weight is 155 g/mol. The van der Waals surface area contributed by atoms with Crippen molar-refractivity contribution < 1.29 is 24.8 Å². The second-order valence-electron chi connectivity index (χ2n) is 1.19. The van der Waals surface area contributed by atoms with Crippen LogP contribution in [0.2, 0.25) is 0 Å². The molecule has 0 saturated carbocycles. The van der Waals surface area contributed by atoms with Gasteiger partial charge in [-0.3, -0.25) is 4.99 Å². The zero-order valence-electron chi connectivity index (χ0n) is 4.58. The summed E-state index contributed by atoms with van der Waals surface area (Å²) in [5.74, 6) is 0. The second-order valence-corrected chi connectivity index (χ2v) is 1.59. The minimum absolute atomic E-state index is 0.958. The predicted octanol–water partition coefficient (Wildman–Crippen LogP) is -3.32. The van der Waals surface area contributed by atoms with E-state index in [-0.39, 0.29) is 0 Å². The van der Waals surface area contributed by atoms with Crippen molar-refractivity contribution >= 4 is 6.34 Å². The molecule has 0 aromatic carbocycles. The summed E-state index contributed by atoms with van der Waals surface area (Å²) < 4.78 is 24.0. The molecule has 0 amide bonds. The SMILES string of the molecule is C1=NCCN1.[O-][Cl+2]([O-])O. The van der Waals surface area contributed by atoms with Crippen molar-refractivity contribution in [2.45, 2.75) is 0 Å². The van der Waals surface area contributed by atoms with Gasteiger partial charge in [-0.15, -0.1) is 0 Å². The lowest BCUT2D eigenvalue weighted by Crippen LogP contribution is -2.30. The number of nitrogens with zero attached hydrogens (tertiary/aromatic N) is 1. The standard InChI is InChI=1S/C3H6N2.ClHO3/c1-2-5-3-4-1;2-1(3)4/h3H,1-2H2,(H,4,5);2H. The van der Waals surface area contributed by atoms with Gasteiger partial charge >= 0.3 is 0 Å². The van der Waals surface area contributed by atoms with Gasteiger partial charge in [-0.25, -0.2) is 0 Å². The first-order chi connectivity index (χ1) is 4.23. The monoisotopic (exact) mass is 154 g/mol. The van der Waals surface area contributed by atoms with E-state index in [2.05, 4.69) is 10.3 Å². The largest absolute Gasteiger partial charge is 0.375 e. The zero-order valence-corrected chi connectivity index (χ0v) is 5.34. The smallest absolute Gasteiger partial charge is 0.282 e. The molecule has 0 atom stereocenters. The molecular formula is C3H7ClN2O3. The lowest BCUT2D eigenvalue weighted by atomic mass is 10.7. The van der Waals surface area contributed by atoms with Gasteiger partial charge in [0.1, 0.15) is 0 Å². The van der Waals surface area contributed by atoms with Crippen LogP contribution in [0.3, 0.4) is 0 Å². The van der Waals surface area contributed by atoms with Crippen LogP contribution >= 0.6 is 0 Å². The molecule has 9 heavy (non-hydrogen) atoms. The van der Waals surface area contributed by atoms with Gasteiger partial charge in [0, 0.05) is 11.2 Å². The van der Waals surface area contributed by atoms with Crippen LogP contribution in [0.5, 0.6) is 0 Å². The number of hydrogen-bond donors (Lipinski definition) is 2. The number of hydrogen-bond acceptors (Lipinski definition) is 5. The lowest BCUT2D eigenvalue weighted by molar-refractivity contribution is -1.63. The Morgan fingerprint density at radius 2 is 2.22 bits per heavy atom. The minimum atomic E-state index is -2.60. The van der Waals surface area contributed by atoms with Gasteiger partial charge in [-0.05, 0) is 0 Å². The third kappa shape index (κ3) is 11.3. The Balaban J connectivity index is 0.000000148. The highest BCUT2D eigenvalue weighted by Gasteiger charge is 1.82. The molecule has 6 heteroatoms. The molecule has 0 aliphatic carbocycles. The number of nitrogens with one attached hydrogen (secondary N) is 1. The van der Waals surface area contributed by atoms with Crippen molar-refractivity contribution in [2.24, 2.45) is 4.99 Å². The van der Waals surface area contributed by atoms with Crippen LogP contribution in [0, 0.1) is 10.8 Å². The van der Waals surface area contributed by atoms with Crippen LogP contribution in [0.4, 0.5) is 0 Å². The molecule has 1 aliphatic heterocycles. The predicted molar refractivity (Wildman–Crippen MR) is 23.6 cm³/mol. The summed E-state index contributed by atoms with van der Waals surface area (Å²) in [7, 11) is -2.60. The maximum absolute atomic E-state index is 8.52. The van der Waals surface area contributed by atoms with E-state index in [9.17, 15) is 0 Å². The first-order valence-electron chi connectivity index (χ1n) is 2.19. The van der Waals surface area contributed by atoms with Crippen molar-refractivity contribution in [3.05, 3.63) is 0 Å². The second kappa shape index (κ2) is 5.77. The first-order valence-corrected chi connectivity index (χ1v) is 3.15. The topological polar surface area (TPSA) is 90.7 Å².